The number of benzene rings is 1. The predicted molar refractivity (Wildman–Crippen MR) is 78.6 cm³/mol. The van der Waals surface area contributed by atoms with E-state index in [1.165, 1.54) is 29.5 Å². The van der Waals surface area contributed by atoms with E-state index in [1.807, 2.05) is 13.8 Å². The third-order valence-corrected chi connectivity index (χ3v) is 5.60. The first-order valence-electron chi connectivity index (χ1n) is 5.91. The van der Waals surface area contributed by atoms with Gasteiger partial charge in [-0.25, -0.2) is 0 Å². The van der Waals surface area contributed by atoms with Crippen LogP contribution in [0.15, 0.2) is 33.6 Å². The van der Waals surface area contributed by atoms with Crippen molar-refractivity contribution in [3.05, 3.63) is 49.8 Å². The number of aryl methyl sites for hydroxylation is 1. The number of nitrogens with zero attached hydrogens (tertiary/aromatic N) is 3. The molecule has 0 aliphatic heterocycles. The fraction of sp³-hybridized carbons (Fsp3) is 0.250. The second kappa shape index (κ2) is 5.41. The number of aromatic nitrogens is 1. The molecular formula is C12H13N3O4S2. The number of nitro groups is 1. The van der Waals surface area contributed by atoms with E-state index in [-0.39, 0.29) is 10.6 Å². The molecule has 7 nitrogen and oxygen atoms in total. The first kappa shape index (κ1) is 15.4. The van der Waals surface area contributed by atoms with Crippen LogP contribution in [0.2, 0.25) is 0 Å². The summed E-state index contributed by atoms with van der Waals surface area (Å²) < 4.78 is 30.0. The molecule has 1 aromatic heterocycles. The average molecular weight is 327 g/mol. The zero-order chi connectivity index (χ0) is 15.8. The Balaban J connectivity index is 2.60. The molecule has 21 heavy (non-hydrogen) atoms. The van der Waals surface area contributed by atoms with Crippen LogP contribution >= 0.6 is 11.3 Å². The van der Waals surface area contributed by atoms with Gasteiger partial charge < -0.3 is 4.57 Å². The minimum Gasteiger partial charge on any atom is -0.323 e. The summed E-state index contributed by atoms with van der Waals surface area (Å²) in [5, 5.41) is 10.7. The summed E-state index contributed by atoms with van der Waals surface area (Å²) >= 11 is 1.26. The van der Waals surface area contributed by atoms with Gasteiger partial charge in [-0.1, -0.05) is 6.07 Å². The molecule has 0 saturated heterocycles. The van der Waals surface area contributed by atoms with Gasteiger partial charge in [0.2, 0.25) is 4.80 Å². The molecular weight excluding hydrogens is 314 g/mol. The Hall–Kier alpha value is -2.00. The van der Waals surface area contributed by atoms with Crippen molar-refractivity contribution in [2.45, 2.75) is 18.7 Å². The molecule has 0 fully saturated rings. The van der Waals surface area contributed by atoms with Gasteiger partial charge in [0.25, 0.3) is 15.7 Å². The molecule has 2 aromatic rings. The maximum absolute atomic E-state index is 12.3. The summed E-state index contributed by atoms with van der Waals surface area (Å²) in [4.78, 5) is 11.2. The van der Waals surface area contributed by atoms with Gasteiger partial charge in [0, 0.05) is 29.8 Å². The Morgan fingerprint density at radius 1 is 1.33 bits per heavy atom. The zero-order valence-corrected chi connectivity index (χ0v) is 13.2. The van der Waals surface area contributed by atoms with Gasteiger partial charge in [-0.3, -0.25) is 10.1 Å². The van der Waals surface area contributed by atoms with Crippen LogP contribution in [-0.2, 0) is 17.1 Å². The third kappa shape index (κ3) is 3.03. The average Bonchev–Trinajstić information content (AvgIpc) is 2.66. The molecule has 1 aromatic carbocycles. The van der Waals surface area contributed by atoms with E-state index in [9.17, 15) is 18.5 Å². The van der Waals surface area contributed by atoms with Gasteiger partial charge in [0.05, 0.1) is 9.82 Å². The van der Waals surface area contributed by atoms with Crippen molar-refractivity contribution in [3.63, 3.8) is 0 Å². The van der Waals surface area contributed by atoms with Crippen LogP contribution in [0, 0.1) is 24.0 Å². The molecule has 0 atom stereocenters. The Kier molecular flexibility index (Phi) is 3.97. The van der Waals surface area contributed by atoms with Crippen molar-refractivity contribution in [2.75, 3.05) is 0 Å². The summed E-state index contributed by atoms with van der Waals surface area (Å²) in [5.74, 6) is 0. The van der Waals surface area contributed by atoms with Gasteiger partial charge in [0.15, 0.2) is 0 Å². The lowest BCUT2D eigenvalue weighted by atomic mass is 10.3. The summed E-state index contributed by atoms with van der Waals surface area (Å²) in [6.45, 7) is 3.74. The number of nitro benzene ring substituents is 1. The summed E-state index contributed by atoms with van der Waals surface area (Å²) in [7, 11) is -2.26. The first-order valence-corrected chi connectivity index (χ1v) is 8.16. The van der Waals surface area contributed by atoms with Crippen molar-refractivity contribution >= 4 is 27.0 Å². The van der Waals surface area contributed by atoms with Crippen molar-refractivity contribution in [1.29, 1.82) is 0 Å². The highest BCUT2D eigenvalue weighted by atomic mass is 32.2. The molecule has 0 amide bonds. The highest BCUT2D eigenvalue weighted by Gasteiger charge is 2.17. The molecule has 0 aliphatic rings. The summed E-state index contributed by atoms with van der Waals surface area (Å²) in [6.07, 6.45) is 0. The highest BCUT2D eigenvalue weighted by molar-refractivity contribution is 7.90. The Labute approximate surface area is 125 Å². The van der Waals surface area contributed by atoms with Gasteiger partial charge in [-0.2, -0.15) is 8.42 Å². The van der Waals surface area contributed by atoms with Gasteiger partial charge in [-0.05, 0) is 19.9 Å². The number of rotatable bonds is 3. The van der Waals surface area contributed by atoms with E-state index < -0.39 is 14.9 Å². The maximum Gasteiger partial charge on any atom is 0.285 e. The van der Waals surface area contributed by atoms with Crippen LogP contribution < -0.4 is 4.80 Å². The number of thiazole rings is 1. The van der Waals surface area contributed by atoms with Gasteiger partial charge >= 0.3 is 0 Å². The molecule has 0 spiro atoms. The van der Waals surface area contributed by atoms with Crippen LogP contribution in [-0.4, -0.2) is 17.9 Å². The quantitative estimate of drug-likeness (QED) is 0.635. The highest BCUT2D eigenvalue weighted by Crippen LogP contribution is 2.19. The normalized spacial score (nSPS) is 12.6. The molecule has 0 aliphatic carbocycles. The Morgan fingerprint density at radius 3 is 2.52 bits per heavy atom. The Morgan fingerprint density at radius 2 is 2.00 bits per heavy atom. The van der Waals surface area contributed by atoms with Crippen molar-refractivity contribution in [2.24, 2.45) is 11.4 Å². The Bertz CT molecular complexity index is 878. The number of hydrogen-bond donors (Lipinski definition) is 0. The molecule has 2 rings (SSSR count). The molecule has 9 heteroatoms. The minimum absolute atomic E-state index is 0.194. The maximum atomic E-state index is 12.3. The van der Waals surface area contributed by atoms with Crippen LogP contribution in [0.4, 0.5) is 5.69 Å². The lowest BCUT2D eigenvalue weighted by Crippen LogP contribution is -2.14. The van der Waals surface area contributed by atoms with E-state index in [4.69, 9.17) is 0 Å². The summed E-state index contributed by atoms with van der Waals surface area (Å²) in [6, 6.07) is 4.86. The van der Waals surface area contributed by atoms with Crippen LogP contribution in [0.25, 0.3) is 0 Å². The molecule has 0 bridgehead atoms. The second-order valence-corrected chi connectivity index (χ2v) is 7.19. The molecule has 0 unspecified atom stereocenters. The monoisotopic (exact) mass is 327 g/mol. The third-order valence-electron chi connectivity index (χ3n) is 3.07. The zero-order valence-electron chi connectivity index (χ0n) is 11.6. The van der Waals surface area contributed by atoms with Crippen molar-refractivity contribution < 1.29 is 13.3 Å². The second-order valence-electron chi connectivity index (χ2n) is 4.41. The fourth-order valence-corrected chi connectivity index (χ4v) is 3.88. The number of non-ortho nitro benzene ring substituents is 1. The largest absolute Gasteiger partial charge is 0.323 e. The number of hydrogen-bond acceptors (Lipinski definition) is 5. The lowest BCUT2D eigenvalue weighted by molar-refractivity contribution is -0.385. The van der Waals surface area contributed by atoms with E-state index in [2.05, 4.69) is 4.40 Å². The standard InChI is InChI=1S/C12H13N3O4S2/c1-8-9(2)20-12(14(8)3)13-21(18,19)11-6-4-5-10(7-11)15(16)17/h4-7H,1-3H3/b13-12+. The first-order chi connectivity index (χ1) is 9.72. The lowest BCUT2D eigenvalue weighted by Gasteiger charge is -1.99. The van der Waals surface area contributed by atoms with E-state index in [0.29, 0.717) is 4.80 Å². The SMILES string of the molecule is Cc1s/c(=N/S(=O)(=O)c2cccc([N+](=O)[O-])c2)n(C)c1C. The number of sulfonamides is 1. The van der Waals surface area contributed by atoms with E-state index in [1.54, 1.807) is 11.6 Å². The van der Waals surface area contributed by atoms with Crippen LogP contribution in [0.1, 0.15) is 10.6 Å². The molecule has 112 valence electrons. The topological polar surface area (TPSA) is 94.6 Å². The molecule has 1 heterocycles. The van der Waals surface area contributed by atoms with Crippen LogP contribution in [0.3, 0.4) is 0 Å². The van der Waals surface area contributed by atoms with Crippen LogP contribution in [0.5, 0.6) is 0 Å². The molecule has 0 N–H and O–H groups in total. The fourth-order valence-electron chi connectivity index (χ4n) is 1.65. The van der Waals surface area contributed by atoms with Gasteiger partial charge in [0.1, 0.15) is 0 Å². The van der Waals surface area contributed by atoms with Crippen molar-refractivity contribution in [1.82, 2.24) is 4.57 Å². The summed E-state index contributed by atoms with van der Waals surface area (Å²) in [5.41, 5.74) is 0.641. The molecule has 0 radical (unpaired) electrons. The van der Waals surface area contributed by atoms with Gasteiger partial charge in [-0.15, -0.1) is 15.7 Å². The minimum atomic E-state index is -3.99. The van der Waals surface area contributed by atoms with Crippen molar-refractivity contribution in [3.8, 4) is 0 Å². The predicted octanol–water partition coefficient (Wildman–Crippen LogP) is 1.90. The smallest absolute Gasteiger partial charge is 0.285 e. The van der Waals surface area contributed by atoms with E-state index >= 15 is 0 Å². The molecule has 0 saturated carbocycles. The van der Waals surface area contributed by atoms with E-state index in [0.717, 1.165) is 16.6 Å².